The van der Waals surface area contributed by atoms with Gasteiger partial charge in [-0.2, -0.15) is 5.10 Å². The fourth-order valence-electron chi connectivity index (χ4n) is 4.64. The smallest absolute Gasteiger partial charge is 0.266 e. The second-order valence-corrected chi connectivity index (χ2v) is 8.39. The molecule has 1 aliphatic carbocycles. The van der Waals surface area contributed by atoms with Crippen molar-refractivity contribution in [3.05, 3.63) is 39.9 Å². The van der Waals surface area contributed by atoms with Crippen LogP contribution in [0.2, 0.25) is 0 Å². The Balaban J connectivity index is 1.34. The third kappa shape index (κ3) is 4.60. The first-order valence-corrected chi connectivity index (χ1v) is 10.8. The van der Waals surface area contributed by atoms with Crippen LogP contribution in [-0.4, -0.2) is 79.3 Å². The van der Waals surface area contributed by atoms with E-state index in [4.69, 9.17) is 0 Å². The molecular weight excluding hydrogens is 368 g/mol. The molecule has 29 heavy (non-hydrogen) atoms. The fraction of sp³-hybridized carbons (Fsp3) is 0.667. The molecule has 3 heterocycles. The van der Waals surface area contributed by atoms with Crippen molar-refractivity contribution >= 4 is 0 Å². The molecule has 4 rings (SSSR count). The molecule has 2 fully saturated rings. The number of aromatic nitrogens is 4. The van der Waals surface area contributed by atoms with Crippen LogP contribution in [0.1, 0.15) is 37.1 Å². The molecule has 8 heteroatoms. The predicted octanol–water partition coefficient (Wildman–Crippen LogP) is 0.967. The van der Waals surface area contributed by atoms with Gasteiger partial charge in [-0.15, -0.1) is 5.10 Å². The molecule has 158 valence electrons. The van der Waals surface area contributed by atoms with Crippen LogP contribution in [0.3, 0.4) is 0 Å². The number of rotatable bonds is 5. The summed E-state index contributed by atoms with van der Waals surface area (Å²) in [5.74, 6) is 0.673. The van der Waals surface area contributed by atoms with Gasteiger partial charge < -0.3 is 5.11 Å². The summed E-state index contributed by atoms with van der Waals surface area (Å²) in [4.78, 5) is 17.1. The van der Waals surface area contributed by atoms with Gasteiger partial charge >= 0.3 is 0 Å². The Hall–Kier alpha value is -2.03. The average Bonchev–Trinajstić information content (AvgIpc) is 3.06. The van der Waals surface area contributed by atoms with Gasteiger partial charge in [0.2, 0.25) is 0 Å². The van der Waals surface area contributed by atoms with Gasteiger partial charge in [0.25, 0.3) is 5.56 Å². The Morgan fingerprint density at radius 3 is 2.48 bits per heavy atom. The Bertz CT molecular complexity index is 884. The topological polar surface area (TPSA) is 79.4 Å². The number of aliphatic hydroxyl groups is 1. The lowest BCUT2D eigenvalue weighted by atomic mass is 9.91. The average molecular weight is 401 g/mol. The minimum absolute atomic E-state index is 0.0840. The van der Waals surface area contributed by atoms with Gasteiger partial charge in [-0.3, -0.25) is 14.6 Å². The van der Waals surface area contributed by atoms with Crippen LogP contribution >= 0.6 is 0 Å². The maximum atomic E-state index is 12.3. The maximum Gasteiger partial charge on any atom is 0.266 e. The van der Waals surface area contributed by atoms with E-state index in [0.29, 0.717) is 18.4 Å². The molecule has 0 amide bonds. The second kappa shape index (κ2) is 8.77. The zero-order valence-corrected chi connectivity index (χ0v) is 17.5. The summed E-state index contributed by atoms with van der Waals surface area (Å²) >= 11 is 0. The molecular formula is C21H32N6O2. The zero-order valence-electron chi connectivity index (χ0n) is 17.5. The minimum atomic E-state index is -0.171. The zero-order chi connectivity index (χ0) is 20.4. The lowest BCUT2D eigenvalue weighted by Crippen LogP contribution is -2.54. The monoisotopic (exact) mass is 400 g/mol. The minimum Gasteiger partial charge on any atom is -0.391 e. The normalized spacial score (nSPS) is 24.1. The van der Waals surface area contributed by atoms with E-state index in [9.17, 15) is 9.90 Å². The van der Waals surface area contributed by atoms with Gasteiger partial charge in [0.15, 0.2) is 5.82 Å². The summed E-state index contributed by atoms with van der Waals surface area (Å²) in [5.41, 5.74) is 1.85. The van der Waals surface area contributed by atoms with Gasteiger partial charge in [-0.1, -0.05) is 12.8 Å². The molecule has 2 unspecified atom stereocenters. The van der Waals surface area contributed by atoms with Crippen molar-refractivity contribution in [1.29, 1.82) is 0 Å². The third-order valence-electron chi connectivity index (χ3n) is 6.28. The molecule has 1 N–H and O–H groups in total. The molecule has 1 saturated carbocycles. The summed E-state index contributed by atoms with van der Waals surface area (Å²) in [5, 5.41) is 19.3. The highest BCUT2D eigenvalue weighted by Gasteiger charge is 2.30. The van der Waals surface area contributed by atoms with E-state index < -0.39 is 0 Å². The van der Waals surface area contributed by atoms with E-state index in [1.807, 2.05) is 19.9 Å². The van der Waals surface area contributed by atoms with Crippen LogP contribution in [0, 0.1) is 13.8 Å². The Morgan fingerprint density at radius 1 is 1.03 bits per heavy atom. The first-order chi connectivity index (χ1) is 14.0. The highest BCUT2D eigenvalue weighted by Crippen LogP contribution is 2.24. The molecule has 0 bridgehead atoms. The standard InChI is InChI=1S/C21H32N6O2/c1-16-15-17(2)27(22-16)20-7-8-21(29)26(23-20)14-11-24-9-12-25(13-10-24)18-5-3-4-6-19(18)28/h7-8,15,18-19,28H,3-6,9-14H2,1-2H3. The SMILES string of the molecule is Cc1cc(C)n(-c2ccc(=O)n(CCN3CCN(C4CCCCC4O)CC3)n2)n1. The van der Waals surface area contributed by atoms with Crippen molar-refractivity contribution in [1.82, 2.24) is 29.4 Å². The third-order valence-corrected chi connectivity index (χ3v) is 6.28. The summed E-state index contributed by atoms with van der Waals surface area (Å²) in [6.45, 7) is 9.20. The first kappa shape index (κ1) is 20.3. The molecule has 1 saturated heterocycles. The van der Waals surface area contributed by atoms with Crippen LogP contribution in [0.4, 0.5) is 0 Å². The second-order valence-electron chi connectivity index (χ2n) is 8.39. The molecule has 2 atom stereocenters. The number of piperazine rings is 1. The number of hydrogen-bond donors (Lipinski definition) is 1. The van der Waals surface area contributed by atoms with Crippen LogP contribution in [0.15, 0.2) is 23.0 Å². The molecule has 0 spiro atoms. The van der Waals surface area contributed by atoms with Crippen LogP contribution in [0.25, 0.3) is 5.82 Å². The Kier molecular flexibility index (Phi) is 6.12. The van der Waals surface area contributed by atoms with Crippen molar-refractivity contribution in [3.63, 3.8) is 0 Å². The van der Waals surface area contributed by atoms with Crippen LogP contribution < -0.4 is 5.56 Å². The van der Waals surface area contributed by atoms with Gasteiger partial charge in [-0.05, 0) is 38.8 Å². The summed E-state index contributed by atoms with van der Waals surface area (Å²) < 4.78 is 3.32. The number of nitrogens with zero attached hydrogens (tertiary/aromatic N) is 6. The van der Waals surface area contributed by atoms with Crippen molar-refractivity contribution < 1.29 is 5.11 Å². The van der Waals surface area contributed by atoms with E-state index in [0.717, 1.165) is 63.4 Å². The first-order valence-electron chi connectivity index (χ1n) is 10.8. The fourth-order valence-corrected chi connectivity index (χ4v) is 4.64. The number of hydrogen-bond acceptors (Lipinski definition) is 6. The molecule has 2 aliphatic rings. The maximum absolute atomic E-state index is 12.3. The van der Waals surface area contributed by atoms with E-state index in [1.54, 1.807) is 21.5 Å². The Morgan fingerprint density at radius 2 is 1.79 bits per heavy atom. The molecule has 2 aromatic heterocycles. The molecule has 8 nitrogen and oxygen atoms in total. The summed E-state index contributed by atoms with van der Waals surface area (Å²) in [7, 11) is 0. The highest BCUT2D eigenvalue weighted by molar-refractivity contribution is 5.23. The van der Waals surface area contributed by atoms with Crippen molar-refractivity contribution in [2.24, 2.45) is 0 Å². The predicted molar refractivity (Wildman–Crippen MR) is 111 cm³/mol. The van der Waals surface area contributed by atoms with Gasteiger partial charge in [-0.25, -0.2) is 9.36 Å². The van der Waals surface area contributed by atoms with Crippen molar-refractivity contribution in [3.8, 4) is 5.82 Å². The van der Waals surface area contributed by atoms with Crippen LogP contribution in [-0.2, 0) is 6.54 Å². The summed E-state index contributed by atoms with van der Waals surface area (Å²) in [6, 6.07) is 5.63. The number of aliphatic hydroxyl groups excluding tert-OH is 1. The van der Waals surface area contributed by atoms with Crippen molar-refractivity contribution in [2.75, 3.05) is 32.7 Å². The van der Waals surface area contributed by atoms with Crippen molar-refractivity contribution in [2.45, 2.75) is 58.2 Å². The van der Waals surface area contributed by atoms with Gasteiger partial charge in [0.1, 0.15) is 0 Å². The van der Waals surface area contributed by atoms with Crippen LogP contribution in [0.5, 0.6) is 0 Å². The highest BCUT2D eigenvalue weighted by atomic mass is 16.3. The van der Waals surface area contributed by atoms with E-state index in [2.05, 4.69) is 20.0 Å². The van der Waals surface area contributed by atoms with E-state index in [-0.39, 0.29) is 11.7 Å². The Labute approximate surface area is 171 Å². The molecule has 2 aromatic rings. The van der Waals surface area contributed by atoms with E-state index >= 15 is 0 Å². The molecule has 1 aliphatic heterocycles. The van der Waals surface area contributed by atoms with Gasteiger partial charge in [0.05, 0.1) is 18.3 Å². The lowest BCUT2D eigenvalue weighted by molar-refractivity contribution is -0.00404. The lowest BCUT2D eigenvalue weighted by Gasteiger charge is -2.42. The molecule has 0 aromatic carbocycles. The number of aryl methyl sites for hydroxylation is 2. The molecule has 0 radical (unpaired) electrons. The summed E-state index contributed by atoms with van der Waals surface area (Å²) in [6.07, 6.45) is 4.25. The quantitative estimate of drug-likeness (QED) is 0.806. The van der Waals surface area contributed by atoms with E-state index in [1.165, 1.54) is 6.42 Å². The van der Waals surface area contributed by atoms with Gasteiger partial charge in [0, 0.05) is 50.5 Å². The largest absolute Gasteiger partial charge is 0.391 e.